The summed E-state index contributed by atoms with van der Waals surface area (Å²) in [5.74, 6) is 1.34. The lowest BCUT2D eigenvalue weighted by molar-refractivity contribution is -0.0649. The average Bonchev–Trinajstić information content (AvgIpc) is 3.63. The minimum absolute atomic E-state index is 0.0245. The van der Waals surface area contributed by atoms with E-state index >= 15 is 0 Å². The number of carbonyl (C=O) groups excluding carboxylic acids is 1. The molecule has 5 nitrogen and oxygen atoms in total. The van der Waals surface area contributed by atoms with E-state index in [0.717, 1.165) is 30.1 Å². The molecule has 1 amide bonds. The van der Waals surface area contributed by atoms with Crippen LogP contribution in [0.1, 0.15) is 47.5 Å². The smallest absolute Gasteiger partial charge is 0.253 e. The van der Waals surface area contributed by atoms with Gasteiger partial charge in [-0.2, -0.15) is 0 Å². The van der Waals surface area contributed by atoms with Crippen LogP contribution in [-0.4, -0.2) is 84.7 Å². The molecule has 3 fully saturated rings. The van der Waals surface area contributed by atoms with Gasteiger partial charge in [0.05, 0.1) is 6.61 Å². The van der Waals surface area contributed by atoms with Crippen LogP contribution in [0.2, 0.25) is 0 Å². The number of aliphatic hydroxyl groups is 1. The highest BCUT2D eigenvalue weighted by molar-refractivity contribution is 5.94. The summed E-state index contributed by atoms with van der Waals surface area (Å²) in [6.07, 6.45) is 5.30. The number of carbonyl (C=O) groups is 1. The summed E-state index contributed by atoms with van der Waals surface area (Å²) in [7, 11) is 3.55. The molecule has 1 saturated carbocycles. The van der Waals surface area contributed by atoms with Crippen molar-refractivity contribution in [3.63, 3.8) is 0 Å². The van der Waals surface area contributed by atoms with Crippen molar-refractivity contribution in [3.8, 4) is 11.1 Å². The number of aliphatic hydroxyl groups excluding tert-OH is 1. The van der Waals surface area contributed by atoms with Gasteiger partial charge in [-0.1, -0.05) is 36.4 Å². The molecule has 2 aliphatic heterocycles. The van der Waals surface area contributed by atoms with E-state index < -0.39 is 0 Å². The van der Waals surface area contributed by atoms with E-state index in [2.05, 4.69) is 34.1 Å². The third-order valence-electron chi connectivity index (χ3n) is 7.83. The summed E-state index contributed by atoms with van der Waals surface area (Å²) >= 11 is 0. The van der Waals surface area contributed by atoms with E-state index in [1.54, 1.807) is 19.0 Å². The minimum atomic E-state index is 0.0245. The Morgan fingerprint density at radius 1 is 0.970 bits per heavy atom. The number of amides is 1. The number of benzene rings is 2. The Morgan fingerprint density at radius 3 is 2.21 bits per heavy atom. The highest BCUT2D eigenvalue weighted by Crippen LogP contribution is 2.43. The zero-order valence-electron chi connectivity index (χ0n) is 20.0. The normalized spacial score (nSPS) is 26.1. The van der Waals surface area contributed by atoms with Crippen molar-refractivity contribution >= 4 is 5.91 Å². The molecule has 1 aliphatic carbocycles. The van der Waals surface area contributed by atoms with Crippen molar-refractivity contribution in [1.29, 1.82) is 0 Å². The van der Waals surface area contributed by atoms with Crippen LogP contribution in [0.5, 0.6) is 0 Å². The molecule has 5 rings (SSSR count). The molecule has 2 aromatic rings. The molecule has 5 heteroatoms. The monoisotopic (exact) mass is 447 g/mol. The molecule has 3 atom stereocenters. The van der Waals surface area contributed by atoms with Crippen molar-refractivity contribution in [3.05, 3.63) is 59.7 Å². The predicted octanol–water partition coefficient (Wildman–Crippen LogP) is 3.69. The van der Waals surface area contributed by atoms with Gasteiger partial charge in [-0.05, 0) is 73.5 Å². The Morgan fingerprint density at radius 2 is 1.61 bits per heavy atom. The fourth-order valence-corrected chi connectivity index (χ4v) is 5.80. The Kier molecular flexibility index (Phi) is 6.55. The Balaban J connectivity index is 1.32. The van der Waals surface area contributed by atoms with E-state index in [1.807, 2.05) is 24.3 Å². The number of nitrogens with zero attached hydrogens (tertiary/aromatic N) is 3. The maximum atomic E-state index is 12.2. The van der Waals surface area contributed by atoms with Crippen LogP contribution in [0.25, 0.3) is 11.1 Å². The first-order valence-electron chi connectivity index (χ1n) is 12.6. The topological polar surface area (TPSA) is 47.0 Å². The average molecular weight is 448 g/mol. The largest absolute Gasteiger partial charge is 0.395 e. The summed E-state index contributed by atoms with van der Waals surface area (Å²) in [6.45, 7) is 4.95. The molecule has 0 spiro atoms. The fraction of sp³-hybridized carbons (Fsp3) is 0.536. The number of hydrogen-bond donors (Lipinski definition) is 1. The van der Waals surface area contributed by atoms with Crippen molar-refractivity contribution in [2.24, 2.45) is 5.92 Å². The molecule has 1 N–H and O–H groups in total. The maximum Gasteiger partial charge on any atom is 0.253 e. The molecule has 0 unspecified atom stereocenters. The second kappa shape index (κ2) is 9.57. The van der Waals surface area contributed by atoms with Gasteiger partial charge in [-0.25, -0.2) is 0 Å². The quantitative estimate of drug-likeness (QED) is 0.734. The van der Waals surface area contributed by atoms with Gasteiger partial charge in [-0.3, -0.25) is 9.69 Å². The van der Waals surface area contributed by atoms with Crippen LogP contribution in [-0.2, 0) is 0 Å². The van der Waals surface area contributed by atoms with E-state index in [-0.39, 0.29) is 18.6 Å². The molecule has 0 radical (unpaired) electrons. The summed E-state index contributed by atoms with van der Waals surface area (Å²) in [4.78, 5) is 19.0. The summed E-state index contributed by atoms with van der Waals surface area (Å²) in [5.41, 5.74) is 4.32. The van der Waals surface area contributed by atoms with Crippen LogP contribution < -0.4 is 0 Å². The van der Waals surface area contributed by atoms with Crippen molar-refractivity contribution < 1.29 is 9.90 Å². The van der Waals surface area contributed by atoms with Gasteiger partial charge in [0.15, 0.2) is 0 Å². The van der Waals surface area contributed by atoms with E-state index in [0.29, 0.717) is 17.5 Å². The molecule has 2 saturated heterocycles. The van der Waals surface area contributed by atoms with Gasteiger partial charge in [0, 0.05) is 50.7 Å². The maximum absolute atomic E-state index is 12.2. The molecular formula is C28H37N3O2. The Labute approximate surface area is 198 Å². The second-order valence-electron chi connectivity index (χ2n) is 10.4. The van der Waals surface area contributed by atoms with Crippen molar-refractivity contribution in [1.82, 2.24) is 14.7 Å². The van der Waals surface area contributed by atoms with Gasteiger partial charge in [0.25, 0.3) is 5.91 Å². The highest BCUT2D eigenvalue weighted by Gasteiger charge is 2.49. The molecule has 2 aromatic carbocycles. The van der Waals surface area contributed by atoms with Crippen LogP contribution in [0.4, 0.5) is 0 Å². The zero-order valence-corrected chi connectivity index (χ0v) is 20.0. The van der Waals surface area contributed by atoms with Crippen LogP contribution in [0, 0.1) is 5.92 Å². The first-order chi connectivity index (χ1) is 16.0. The molecular weight excluding hydrogens is 410 g/mol. The lowest BCUT2D eigenvalue weighted by atomic mass is 9.74. The molecule has 33 heavy (non-hydrogen) atoms. The van der Waals surface area contributed by atoms with Gasteiger partial charge in [-0.15, -0.1) is 0 Å². The van der Waals surface area contributed by atoms with E-state index in [1.165, 1.54) is 44.3 Å². The van der Waals surface area contributed by atoms with Crippen LogP contribution >= 0.6 is 0 Å². The van der Waals surface area contributed by atoms with Crippen molar-refractivity contribution in [2.75, 3.05) is 46.9 Å². The van der Waals surface area contributed by atoms with Gasteiger partial charge in [0.1, 0.15) is 0 Å². The van der Waals surface area contributed by atoms with E-state index in [4.69, 9.17) is 0 Å². The zero-order chi connectivity index (χ0) is 22.9. The Hall–Kier alpha value is -2.21. The first-order valence-corrected chi connectivity index (χ1v) is 12.6. The van der Waals surface area contributed by atoms with Crippen molar-refractivity contribution in [2.45, 2.75) is 43.7 Å². The molecule has 3 aliphatic rings. The van der Waals surface area contributed by atoms with Gasteiger partial charge < -0.3 is 14.9 Å². The fourth-order valence-electron chi connectivity index (χ4n) is 5.80. The van der Waals surface area contributed by atoms with E-state index in [9.17, 15) is 9.90 Å². The molecule has 2 heterocycles. The number of hydrogen-bond acceptors (Lipinski definition) is 4. The molecule has 0 bridgehead atoms. The summed E-state index contributed by atoms with van der Waals surface area (Å²) in [6, 6.07) is 17.5. The summed E-state index contributed by atoms with van der Waals surface area (Å²) < 4.78 is 0. The third kappa shape index (κ3) is 4.72. The SMILES string of the molecule is CN(C)C(=O)c1ccc(-c2ccc([C@H]3[C@H](CO)N4CCCCN(CC5CC5)C[C@@H]34)cc2)cc1. The predicted molar refractivity (Wildman–Crippen MR) is 132 cm³/mol. The standard InChI is InChI=1S/C28H37N3O2/c1-29(2)28(33)24-13-9-22(10-14-24)21-7-11-23(12-8-21)27-25-18-30(17-20-5-6-20)15-3-4-16-31(25)26(27)19-32/h7-14,20,25-27,32H,3-6,15-19H2,1-2H3/t25-,26-,27+/m0/s1. The third-order valence-corrected chi connectivity index (χ3v) is 7.83. The lowest BCUT2D eigenvalue weighted by Crippen LogP contribution is -2.67. The highest BCUT2D eigenvalue weighted by atomic mass is 16.3. The van der Waals surface area contributed by atoms with Crippen LogP contribution in [0.15, 0.2) is 48.5 Å². The summed E-state index contributed by atoms with van der Waals surface area (Å²) in [5, 5.41) is 10.2. The lowest BCUT2D eigenvalue weighted by Gasteiger charge is -2.57. The van der Waals surface area contributed by atoms with Crippen LogP contribution in [0.3, 0.4) is 0 Å². The second-order valence-corrected chi connectivity index (χ2v) is 10.4. The first kappa shape index (κ1) is 22.6. The number of rotatable bonds is 6. The minimum Gasteiger partial charge on any atom is -0.395 e. The molecule has 0 aromatic heterocycles. The van der Waals surface area contributed by atoms with Gasteiger partial charge in [0.2, 0.25) is 0 Å². The molecule has 176 valence electrons. The van der Waals surface area contributed by atoms with Gasteiger partial charge >= 0.3 is 0 Å². The Bertz CT molecular complexity index is 952. The number of fused-ring (bicyclic) bond motifs is 1.